The summed E-state index contributed by atoms with van der Waals surface area (Å²) in [6.45, 7) is 14.8. The van der Waals surface area contributed by atoms with Gasteiger partial charge < -0.3 is 10.1 Å². The van der Waals surface area contributed by atoms with E-state index in [-0.39, 0.29) is 12.2 Å². The fourth-order valence-electron chi connectivity index (χ4n) is 3.65. The summed E-state index contributed by atoms with van der Waals surface area (Å²) >= 11 is 0. The molecular formula is C13H27NO2Si. The third-order valence-electron chi connectivity index (χ3n) is 4.55. The molecule has 3 nitrogen and oxygen atoms in total. The summed E-state index contributed by atoms with van der Waals surface area (Å²) in [6.07, 6.45) is -0.143. The van der Waals surface area contributed by atoms with E-state index < -0.39 is 8.07 Å². The molecule has 0 aromatic rings. The van der Waals surface area contributed by atoms with Crippen LogP contribution in [0.1, 0.15) is 41.5 Å². The van der Waals surface area contributed by atoms with Crippen molar-refractivity contribution in [2.75, 3.05) is 6.54 Å². The van der Waals surface area contributed by atoms with Crippen LogP contribution < -0.4 is 5.32 Å². The zero-order valence-corrected chi connectivity index (χ0v) is 13.0. The number of cyclic esters (lactones) is 1. The first-order valence-electron chi connectivity index (χ1n) is 6.75. The molecule has 1 rings (SSSR count). The van der Waals surface area contributed by atoms with Crippen molar-refractivity contribution in [1.29, 1.82) is 0 Å². The van der Waals surface area contributed by atoms with Gasteiger partial charge in [-0.2, -0.15) is 0 Å². The summed E-state index contributed by atoms with van der Waals surface area (Å²) in [4.78, 5) is 11.1. The normalized spacial score (nSPS) is 21.2. The lowest BCUT2D eigenvalue weighted by Gasteiger charge is -2.44. The van der Waals surface area contributed by atoms with Crippen molar-refractivity contribution in [1.82, 2.24) is 5.32 Å². The highest BCUT2D eigenvalue weighted by Crippen LogP contribution is 2.45. The lowest BCUT2D eigenvalue weighted by Crippen LogP contribution is -2.47. The molecule has 0 saturated carbocycles. The van der Waals surface area contributed by atoms with Crippen molar-refractivity contribution in [2.24, 2.45) is 0 Å². The van der Waals surface area contributed by atoms with E-state index in [1.54, 1.807) is 0 Å². The molecule has 1 amide bonds. The maximum absolute atomic E-state index is 11.1. The Balaban J connectivity index is 2.86. The maximum Gasteiger partial charge on any atom is 0.407 e. The van der Waals surface area contributed by atoms with Gasteiger partial charge in [0.15, 0.2) is 0 Å². The molecule has 0 aliphatic carbocycles. The molecule has 1 saturated heterocycles. The molecule has 17 heavy (non-hydrogen) atoms. The molecule has 0 aromatic heterocycles. The van der Waals surface area contributed by atoms with Gasteiger partial charge in [0.2, 0.25) is 0 Å². The van der Waals surface area contributed by atoms with E-state index in [1.165, 1.54) is 0 Å². The van der Waals surface area contributed by atoms with Crippen LogP contribution in [-0.4, -0.2) is 26.8 Å². The van der Waals surface area contributed by atoms with Gasteiger partial charge in [-0.3, -0.25) is 0 Å². The van der Waals surface area contributed by atoms with E-state index in [2.05, 4.69) is 46.9 Å². The number of hydrogen-bond acceptors (Lipinski definition) is 2. The van der Waals surface area contributed by atoms with Gasteiger partial charge in [0, 0.05) is 0 Å². The minimum atomic E-state index is -1.44. The average molecular weight is 257 g/mol. The minimum absolute atomic E-state index is 0.0985. The van der Waals surface area contributed by atoms with Crippen LogP contribution in [0.2, 0.25) is 22.7 Å². The third kappa shape index (κ3) is 2.84. The Morgan fingerprint density at radius 3 is 1.94 bits per heavy atom. The first-order chi connectivity index (χ1) is 7.80. The topological polar surface area (TPSA) is 38.3 Å². The molecular weight excluding hydrogens is 230 g/mol. The highest BCUT2D eigenvalue weighted by Gasteiger charge is 2.45. The third-order valence-corrected chi connectivity index (χ3v) is 12.2. The van der Waals surface area contributed by atoms with E-state index in [0.29, 0.717) is 6.54 Å². The van der Waals surface area contributed by atoms with Crippen molar-refractivity contribution >= 4 is 14.2 Å². The van der Waals surface area contributed by atoms with Crippen molar-refractivity contribution in [2.45, 2.75) is 70.3 Å². The predicted molar refractivity (Wildman–Crippen MR) is 74.1 cm³/mol. The summed E-state index contributed by atoms with van der Waals surface area (Å²) in [5.41, 5.74) is 2.17. The number of alkyl carbamates (subject to hydrolysis) is 1. The molecule has 100 valence electrons. The van der Waals surface area contributed by atoms with Crippen molar-refractivity contribution in [3.63, 3.8) is 0 Å². The molecule has 0 unspecified atom stereocenters. The second-order valence-corrected chi connectivity index (χ2v) is 12.3. The Hall–Kier alpha value is -0.513. The van der Waals surface area contributed by atoms with Crippen LogP contribution in [0.5, 0.6) is 0 Å². The molecule has 1 heterocycles. The van der Waals surface area contributed by atoms with Crippen molar-refractivity contribution in [3.8, 4) is 0 Å². The number of nitrogens with one attached hydrogen (secondary N) is 1. The Labute approximate surface area is 106 Å². The highest BCUT2D eigenvalue weighted by molar-refractivity contribution is 6.83. The van der Waals surface area contributed by atoms with Crippen LogP contribution in [0.3, 0.4) is 0 Å². The summed E-state index contributed by atoms with van der Waals surface area (Å²) < 4.78 is 5.35. The van der Waals surface area contributed by atoms with E-state index in [0.717, 1.165) is 22.7 Å². The van der Waals surface area contributed by atoms with E-state index in [4.69, 9.17) is 4.74 Å². The van der Waals surface area contributed by atoms with E-state index in [9.17, 15) is 4.79 Å². The molecule has 0 aromatic carbocycles. The van der Waals surface area contributed by atoms with Gasteiger partial charge in [-0.15, -0.1) is 0 Å². The zero-order chi connectivity index (χ0) is 13.2. The molecule has 0 radical (unpaired) electrons. The van der Waals surface area contributed by atoms with Gasteiger partial charge in [-0.1, -0.05) is 58.2 Å². The second kappa shape index (κ2) is 5.42. The van der Waals surface area contributed by atoms with Gasteiger partial charge in [0.05, 0.1) is 14.6 Å². The van der Waals surface area contributed by atoms with Gasteiger partial charge >= 0.3 is 6.09 Å². The molecule has 4 heteroatoms. The van der Waals surface area contributed by atoms with Crippen LogP contribution in [-0.2, 0) is 4.74 Å². The molecule has 1 aliphatic heterocycles. The summed E-state index contributed by atoms with van der Waals surface area (Å²) in [5, 5.41) is 2.77. The van der Waals surface area contributed by atoms with Crippen LogP contribution >= 0.6 is 0 Å². The van der Waals surface area contributed by atoms with Crippen molar-refractivity contribution < 1.29 is 9.53 Å². The molecule has 1 aliphatic rings. The number of hydrogen-bond donors (Lipinski definition) is 1. The van der Waals surface area contributed by atoms with E-state index in [1.807, 2.05) is 0 Å². The highest BCUT2D eigenvalue weighted by atomic mass is 28.3. The predicted octanol–water partition coefficient (Wildman–Crippen LogP) is 3.77. The average Bonchev–Trinajstić information content (AvgIpc) is 2.58. The fraction of sp³-hybridized carbons (Fsp3) is 0.923. The summed E-state index contributed by atoms with van der Waals surface area (Å²) in [6, 6.07) is 1.10. The Kier molecular flexibility index (Phi) is 4.64. The molecule has 0 bridgehead atoms. The van der Waals surface area contributed by atoms with Gasteiger partial charge in [0.1, 0.15) is 6.10 Å². The summed E-state index contributed by atoms with van der Waals surface area (Å²) in [7, 11) is -1.44. The Morgan fingerprint density at radius 2 is 1.65 bits per heavy atom. The largest absolute Gasteiger partial charge is 0.445 e. The van der Waals surface area contributed by atoms with Crippen LogP contribution in [0.4, 0.5) is 4.79 Å². The quantitative estimate of drug-likeness (QED) is 0.761. The van der Waals surface area contributed by atoms with Crippen LogP contribution in [0, 0.1) is 0 Å². The smallest absolute Gasteiger partial charge is 0.407 e. The monoisotopic (exact) mass is 257 g/mol. The number of carbonyl (C=O) groups is 1. The SMILES string of the molecule is CC(C)[Si](C[C@@H]1CNC(=O)O1)(C(C)C)C(C)C. The van der Waals surface area contributed by atoms with Gasteiger partial charge in [0.25, 0.3) is 0 Å². The van der Waals surface area contributed by atoms with E-state index >= 15 is 0 Å². The molecule has 0 spiro atoms. The first kappa shape index (κ1) is 14.5. The molecule has 1 atom stereocenters. The maximum atomic E-state index is 11.1. The molecule has 1 fully saturated rings. The lowest BCUT2D eigenvalue weighted by atomic mass is 10.4. The van der Waals surface area contributed by atoms with Gasteiger partial charge in [-0.05, 0) is 6.04 Å². The Bertz CT molecular complexity index is 255. The summed E-state index contributed by atoms with van der Waals surface area (Å²) in [5.74, 6) is 0. The number of rotatable bonds is 5. The standard InChI is InChI=1S/C13H27NO2Si/c1-9(2)17(10(3)4,11(5)6)8-12-7-14-13(15)16-12/h9-12H,7-8H2,1-6H3,(H,14,15)/t12-/m0/s1. The van der Waals surface area contributed by atoms with Crippen LogP contribution in [0.25, 0.3) is 0 Å². The minimum Gasteiger partial charge on any atom is -0.445 e. The number of ether oxygens (including phenoxy) is 1. The van der Waals surface area contributed by atoms with Crippen molar-refractivity contribution in [3.05, 3.63) is 0 Å². The second-order valence-electron chi connectivity index (χ2n) is 6.19. The lowest BCUT2D eigenvalue weighted by molar-refractivity contribution is 0.147. The number of amides is 1. The Morgan fingerprint density at radius 1 is 1.18 bits per heavy atom. The first-order valence-corrected chi connectivity index (χ1v) is 9.19. The van der Waals surface area contributed by atoms with Gasteiger partial charge in [-0.25, -0.2) is 4.79 Å². The number of carbonyl (C=O) groups excluding carboxylic acids is 1. The molecule has 1 N–H and O–H groups in total. The van der Waals surface area contributed by atoms with Crippen LogP contribution in [0.15, 0.2) is 0 Å². The zero-order valence-electron chi connectivity index (χ0n) is 12.0. The fourth-order valence-corrected chi connectivity index (χ4v) is 10.1.